The molecule has 1 aromatic carbocycles. The molecule has 0 aliphatic rings. The number of aromatic amines is 1. The second-order valence-corrected chi connectivity index (χ2v) is 7.89. The topological polar surface area (TPSA) is 91.5 Å². The van der Waals surface area contributed by atoms with Gasteiger partial charge in [0.05, 0.1) is 6.61 Å². The summed E-state index contributed by atoms with van der Waals surface area (Å²) < 4.78 is 33.2. The van der Waals surface area contributed by atoms with Crippen LogP contribution >= 0.6 is 0 Å². The third kappa shape index (κ3) is 4.25. The number of H-pyrrole nitrogens is 1. The van der Waals surface area contributed by atoms with E-state index < -0.39 is 16.0 Å². The van der Waals surface area contributed by atoms with Crippen LogP contribution in [0.1, 0.15) is 34.2 Å². The van der Waals surface area contributed by atoms with Gasteiger partial charge in [0.15, 0.2) is 0 Å². The van der Waals surface area contributed by atoms with Gasteiger partial charge in [-0.25, -0.2) is 17.9 Å². The monoisotopic (exact) mass is 379 g/mol. The summed E-state index contributed by atoms with van der Waals surface area (Å²) in [6.07, 6.45) is 0. The van der Waals surface area contributed by atoms with Gasteiger partial charge in [0, 0.05) is 37.7 Å². The number of aryl methyl sites for hydroxylation is 2. The van der Waals surface area contributed by atoms with Gasteiger partial charge in [0.25, 0.3) is 0 Å². The van der Waals surface area contributed by atoms with Crippen LogP contribution in [-0.4, -0.2) is 40.1 Å². The van der Waals surface area contributed by atoms with Gasteiger partial charge in [0.2, 0.25) is 10.0 Å². The van der Waals surface area contributed by atoms with Crippen molar-refractivity contribution in [2.75, 3.05) is 25.6 Å². The maximum atomic E-state index is 12.8. The molecule has 0 spiro atoms. The number of nitrogens with one attached hydrogen (secondary N) is 2. The predicted molar refractivity (Wildman–Crippen MR) is 101 cm³/mol. The van der Waals surface area contributed by atoms with Crippen LogP contribution in [0.3, 0.4) is 0 Å². The fourth-order valence-corrected chi connectivity index (χ4v) is 4.17. The SMILES string of the molecule is CCOC(=O)c1c(C)[nH]c(C)c1S(=O)(=O)NCc1ccc(N(C)C)cc1. The van der Waals surface area contributed by atoms with Crippen molar-refractivity contribution >= 4 is 21.7 Å². The van der Waals surface area contributed by atoms with Crippen molar-refractivity contribution in [2.24, 2.45) is 0 Å². The number of rotatable bonds is 7. The van der Waals surface area contributed by atoms with Crippen molar-refractivity contribution in [3.63, 3.8) is 0 Å². The van der Waals surface area contributed by atoms with Crippen molar-refractivity contribution in [2.45, 2.75) is 32.2 Å². The van der Waals surface area contributed by atoms with Crippen LogP contribution in [0.25, 0.3) is 0 Å². The van der Waals surface area contributed by atoms with E-state index in [1.165, 1.54) is 0 Å². The van der Waals surface area contributed by atoms with Crippen LogP contribution in [0.5, 0.6) is 0 Å². The van der Waals surface area contributed by atoms with Gasteiger partial charge < -0.3 is 14.6 Å². The Kier molecular flexibility index (Phi) is 6.09. The van der Waals surface area contributed by atoms with Crippen molar-refractivity contribution in [1.29, 1.82) is 0 Å². The number of ether oxygens (including phenoxy) is 1. The minimum atomic E-state index is -3.88. The van der Waals surface area contributed by atoms with Gasteiger partial charge in [-0.1, -0.05) is 12.1 Å². The van der Waals surface area contributed by atoms with E-state index in [-0.39, 0.29) is 23.6 Å². The first-order valence-corrected chi connectivity index (χ1v) is 9.78. The Bertz CT molecular complexity index is 884. The molecule has 2 N–H and O–H groups in total. The molecule has 0 bridgehead atoms. The van der Waals surface area contributed by atoms with Crippen LogP contribution in [0.4, 0.5) is 5.69 Å². The van der Waals surface area contributed by atoms with Crippen LogP contribution in [0, 0.1) is 13.8 Å². The van der Waals surface area contributed by atoms with E-state index in [4.69, 9.17) is 4.74 Å². The van der Waals surface area contributed by atoms with E-state index in [1.54, 1.807) is 20.8 Å². The number of benzene rings is 1. The summed E-state index contributed by atoms with van der Waals surface area (Å²) >= 11 is 0. The fraction of sp³-hybridized carbons (Fsp3) is 0.389. The van der Waals surface area contributed by atoms with Crippen LogP contribution in [0.15, 0.2) is 29.2 Å². The van der Waals surface area contributed by atoms with Crippen molar-refractivity contribution in [3.05, 3.63) is 46.8 Å². The first-order chi connectivity index (χ1) is 12.2. The predicted octanol–water partition coefficient (Wildman–Crippen LogP) is 2.35. The summed E-state index contributed by atoms with van der Waals surface area (Å²) in [7, 11) is -0.00895. The third-order valence-corrected chi connectivity index (χ3v) is 5.56. The lowest BCUT2D eigenvalue weighted by Crippen LogP contribution is -2.25. The lowest BCUT2D eigenvalue weighted by atomic mass is 10.2. The normalized spacial score (nSPS) is 11.4. The minimum absolute atomic E-state index is 0.0554. The van der Waals surface area contributed by atoms with Gasteiger partial charge in [-0.2, -0.15) is 0 Å². The first kappa shape index (κ1) is 20.0. The van der Waals surface area contributed by atoms with Crippen LogP contribution in [-0.2, 0) is 21.3 Å². The summed E-state index contributed by atoms with van der Waals surface area (Å²) in [6, 6.07) is 7.55. The molecule has 0 atom stereocenters. The van der Waals surface area contributed by atoms with Gasteiger partial charge >= 0.3 is 5.97 Å². The Balaban J connectivity index is 2.26. The number of carbonyl (C=O) groups is 1. The van der Waals surface area contributed by atoms with E-state index >= 15 is 0 Å². The second kappa shape index (κ2) is 7.92. The Labute approximate surface area is 154 Å². The van der Waals surface area contributed by atoms with Crippen molar-refractivity contribution < 1.29 is 17.9 Å². The largest absolute Gasteiger partial charge is 0.462 e. The van der Waals surface area contributed by atoms with Gasteiger partial charge in [-0.3, -0.25) is 0 Å². The Morgan fingerprint density at radius 2 is 1.77 bits per heavy atom. The number of esters is 1. The molecule has 0 fully saturated rings. The average Bonchev–Trinajstić information content (AvgIpc) is 2.88. The summed E-state index contributed by atoms with van der Waals surface area (Å²) in [5, 5.41) is 0. The summed E-state index contributed by atoms with van der Waals surface area (Å²) in [5.41, 5.74) is 2.78. The Hall–Kier alpha value is -2.32. The number of anilines is 1. The van der Waals surface area contributed by atoms with Gasteiger partial charge in [-0.05, 0) is 38.5 Å². The van der Waals surface area contributed by atoms with E-state index in [0.717, 1.165) is 11.3 Å². The van der Waals surface area contributed by atoms with Crippen molar-refractivity contribution in [1.82, 2.24) is 9.71 Å². The fourth-order valence-electron chi connectivity index (χ4n) is 2.71. The molecule has 7 nitrogen and oxygen atoms in total. The third-order valence-electron chi connectivity index (χ3n) is 3.98. The molecule has 8 heteroatoms. The number of carbonyl (C=O) groups excluding carboxylic acids is 1. The maximum Gasteiger partial charge on any atom is 0.341 e. The molecule has 0 saturated carbocycles. The summed E-state index contributed by atoms with van der Waals surface area (Å²) in [4.78, 5) is 17.0. The number of sulfonamides is 1. The molecule has 0 aliphatic carbocycles. The zero-order valence-electron chi connectivity index (χ0n) is 15.7. The number of nitrogens with zero attached hydrogens (tertiary/aromatic N) is 1. The molecule has 0 radical (unpaired) electrons. The molecule has 2 rings (SSSR count). The number of aromatic nitrogens is 1. The zero-order chi connectivity index (χ0) is 19.5. The summed E-state index contributed by atoms with van der Waals surface area (Å²) in [5.74, 6) is -0.648. The van der Waals surface area contributed by atoms with E-state index in [2.05, 4.69) is 9.71 Å². The molecule has 142 valence electrons. The van der Waals surface area contributed by atoms with E-state index in [0.29, 0.717) is 11.4 Å². The molecule has 26 heavy (non-hydrogen) atoms. The molecule has 0 amide bonds. The molecule has 1 heterocycles. The van der Waals surface area contributed by atoms with E-state index in [9.17, 15) is 13.2 Å². The Morgan fingerprint density at radius 1 is 1.15 bits per heavy atom. The number of hydrogen-bond donors (Lipinski definition) is 2. The average molecular weight is 379 g/mol. The highest BCUT2D eigenvalue weighted by molar-refractivity contribution is 7.89. The quantitative estimate of drug-likeness (QED) is 0.721. The molecule has 2 aromatic rings. The molecular weight excluding hydrogens is 354 g/mol. The lowest BCUT2D eigenvalue weighted by molar-refractivity contribution is 0.0521. The molecule has 0 saturated heterocycles. The highest BCUT2D eigenvalue weighted by Crippen LogP contribution is 2.25. The standard InChI is InChI=1S/C18H25N3O4S/c1-6-25-18(22)16-12(2)20-13(3)17(16)26(23,24)19-11-14-7-9-15(10-8-14)21(4)5/h7-10,19-20H,6,11H2,1-5H3. The van der Waals surface area contributed by atoms with Crippen LogP contribution < -0.4 is 9.62 Å². The highest BCUT2D eigenvalue weighted by Gasteiger charge is 2.29. The molecule has 1 aromatic heterocycles. The first-order valence-electron chi connectivity index (χ1n) is 8.29. The lowest BCUT2D eigenvalue weighted by Gasteiger charge is -2.13. The Morgan fingerprint density at radius 3 is 2.31 bits per heavy atom. The highest BCUT2D eigenvalue weighted by atomic mass is 32.2. The van der Waals surface area contributed by atoms with Crippen molar-refractivity contribution in [3.8, 4) is 0 Å². The molecule has 0 unspecified atom stereocenters. The van der Waals surface area contributed by atoms with Gasteiger partial charge in [-0.15, -0.1) is 0 Å². The molecule has 0 aliphatic heterocycles. The van der Waals surface area contributed by atoms with Crippen LogP contribution in [0.2, 0.25) is 0 Å². The zero-order valence-corrected chi connectivity index (χ0v) is 16.5. The summed E-state index contributed by atoms with van der Waals surface area (Å²) in [6.45, 7) is 5.25. The second-order valence-electron chi connectivity index (χ2n) is 6.19. The maximum absolute atomic E-state index is 12.8. The smallest absolute Gasteiger partial charge is 0.341 e. The van der Waals surface area contributed by atoms with E-state index in [1.807, 2.05) is 43.3 Å². The minimum Gasteiger partial charge on any atom is -0.462 e. The molecular formula is C18H25N3O4S. The number of hydrogen-bond acceptors (Lipinski definition) is 5. The van der Waals surface area contributed by atoms with Gasteiger partial charge in [0.1, 0.15) is 10.5 Å².